The molecule has 0 atom stereocenters. The van der Waals surface area contributed by atoms with Crippen molar-refractivity contribution in [3.05, 3.63) is 29.3 Å². The molecule has 0 saturated carbocycles. The standard InChI is InChI=1S/C18H27N3O2/c1-12(2)9-19-18-20-16-8-14(17(22)23-5)6-7-15(16)11-21(18)10-13(3)4/h6-8,12-13H,9-11H2,1-5H3,(H,19,20). The van der Waals surface area contributed by atoms with Gasteiger partial charge in [-0.2, -0.15) is 0 Å². The molecule has 0 spiro atoms. The van der Waals surface area contributed by atoms with Crippen molar-refractivity contribution < 1.29 is 9.53 Å². The van der Waals surface area contributed by atoms with Crippen molar-refractivity contribution in [3.63, 3.8) is 0 Å². The molecule has 0 amide bonds. The third kappa shape index (κ3) is 4.47. The Balaban J connectivity index is 2.30. The number of aliphatic imine (C=N–C) groups is 1. The van der Waals surface area contributed by atoms with Crippen molar-refractivity contribution in [2.75, 3.05) is 25.5 Å². The molecule has 126 valence electrons. The molecule has 0 fully saturated rings. The molecule has 0 aliphatic carbocycles. The van der Waals surface area contributed by atoms with Gasteiger partial charge in [0.25, 0.3) is 0 Å². The molecule has 1 heterocycles. The number of nitrogens with zero attached hydrogens (tertiary/aromatic N) is 2. The summed E-state index contributed by atoms with van der Waals surface area (Å²) in [5.74, 6) is 1.63. The highest BCUT2D eigenvalue weighted by Crippen LogP contribution is 2.25. The van der Waals surface area contributed by atoms with Crippen LogP contribution in [-0.4, -0.2) is 37.0 Å². The number of hydrogen-bond donors (Lipinski definition) is 1. The minimum Gasteiger partial charge on any atom is -0.465 e. The topological polar surface area (TPSA) is 53.9 Å². The number of carbonyl (C=O) groups excluding carboxylic acids is 1. The predicted octanol–water partition coefficient (Wildman–Crippen LogP) is 3.37. The third-order valence-corrected chi connectivity index (χ3v) is 3.63. The maximum absolute atomic E-state index is 11.7. The summed E-state index contributed by atoms with van der Waals surface area (Å²) in [4.78, 5) is 18.7. The maximum Gasteiger partial charge on any atom is 0.337 e. The Bertz CT molecular complexity index is 594. The van der Waals surface area contributed by atoms with Crippen LogP contribution < -0.4 is 5.32 Å². The lowest BCUT2D eigenvalue weighted by molar-refractivity contribution is 0.0601. The molecule has 1 N–H and O–H groups in total. The van der Waals surface area contributed by atoms with Crippen molar-refractivity contribution in [1.82, 2.24) is 4.90 Å². The van der Waals surface area contributed by atoms with Gasteiger partial charge in [-0.1, -0.05) is 33.8 Å². The van der Waals surface area contributed by atoms with Gasteiger partial charge in [0.05, 0.1) is 12.7 Å². The minimum atomic E-state index is -0.320. The van der Waals surface area contributed by atoms with Crippen molar-refractivity contribution in [1.29, 1.82) is 0 Å². The summed E-state index contributed by atoms with van der Waals surface area (Å²) >= 11 is 0. The van der Waals surface area contributed by atoms with E-state index in [1.165, 1.54) is 12.7 Å². The number of rotatable bonds is 5. The second-order valence-corrected chi connectivity index (χ2v) is 6.82. The van der Waals surface area contributed by atoms with E-state index in [4.69, 9.17) is 9.73 Å². The van der Waals surface area contributed by atoms with Crippen LogP contribution in [0.25, 0.3) is 0 Å². The zero-order chi connectivity index (χ0) is 17.0. The van der Waals surface area contributed by atoms with Crippen molar-refractivity contribution in [3.8, 4) is 0 Å². The van der Waals surface area contributed by atoms with Crippen LogP contribution in [0.2, 0.25) is 0 Å². The lowest BCUT2D eigenvalue weighted by Gasteiger charge is -2.34. The van der Waals surface area contributed by atoms with Crippen LogP contribution in [0.4, 0.5) is 5.69 Å². The molecule has 1 aromatic rings. The van der Waals surface area contributed by atoms with Crippen LogP contribution >= 0.6 is 0 Å². The highest BCUT2D eigenvalue weighted by molar-refractivity contribution is 5.98. The summed E-state index contributed by atoms with van der Waals surface area (Å²) in [6.45, 7) is 11.3. The smallest absolute Gasteiger partial charge is 0.337 e. The average Bonchev–Trinajstić information content (AvgIpc) is 2.50. The number of benzene rings is 1. The van der Waals surface area contributed by atoms with E-state index >= 15 is 0 Å². The van der Waals surface area contributed by atoms with Crippen LogP contribution in [0.1, 0.15) is 43.6 Å². The highest BCUT2D eigenvalue weighted by Gasteiger charge is 2.22. The summed E-state index contributed by atoms with van der Waals surface area (Å²) < 4.78 is 4.80. The molecule has 0 aromatic heterocycles. The third-order valence-electron chi connectivity index (χ3n) is 3.63. The maximum atomic E-state index is 11.7. The predicted molar refractivity (Wildman–Crippen MR) is 93.8 cm³/mol. The summed E-state index contributed by atoms with van der Waals surface area (Å²) in [5.41, 5.74) is 2.66. The monoisotopic (exact) mass is 317 g/mol. The fourth-order valence-electron chi connectivity index (χ4n) is 2.56. The first kappa shape index (κ1) is 17.3. The van der Waals surface area contributed by atoms with Gasteiger partial charge in [-0.25, -0.2) is 4.79 Å². The van der Waals surface area contributed by atoms with Gasteiger partial charge in [-0.15, -0.1) is 0 Å². The molecular weight excluding hydrogens is 290 g/mol. The molecule has 1 aromatic carbocycles. The van der Waals surface area contributed by atoms with E-state index in [9.17, 15) is 4.79 Å². The zero-order valence-corrected chi connectivity index (χ0v) is 14.7. The first-order valence-electron chi connectivity index (χ1n) is 8.18. The van der Waals surface area contributed by atoms with Crippen molar-refractivity contribution >= 4 is 17.6 Å². The van der Waals surface area contributed by atoms with E-state index in [1.54, 1.807) is 0 Å². The Hall–Kier alpha value is -2.04. The number of hydrogen-bond acceptors (Lipinski definition) is 3. The van der Waals surface area contributed by atoms with E-state index in [1.807, 2.05) is 18.2 Å². The number of carbonyl (C=O) groups is 1. The van der Waals surface area contributed by atoms with Gasteiger partial charge < -0.3 is 15.0 Å². The summed E-state index contributed by atoms with van der Waals surface area (Å²) in [5, 5.41) is 3.40. The van der Waals surface area contributed by atoms with Crippen LogP contribution in [-0.2, 0) is 11.3 Å². The second kappa shape index (κ2) is 7.49. The Morgan fingerprint density at radius 1 is 1.30 bits per heavy atom. The molecule has 5 nitrogen and oxygen atoms in total. The number of nitrogens with one attached hydrogen (secondary N) is 1. The number of ether oxygens (including phenoxy) is 1. The van der Waals surface area contributed by atoms with Gasteiger partial charge in [0.1, 0.15) is 0 Å². The lowest BCUT2D eigenvalue weighted by Crippen LogP contribution is -2.42. The first-order valence-corrected chi connectivity index (χ1v) is 8.18. The lowest BCUT2D eigenvalue weighted by atomic mass is 10.1. The van der Waals surface area contributed by atoms with E-state index in [0.29, 0.717) is 17.4 Å². The zero-order valence-electron chi connectivity index (χ0n) is 14.7. The Morgan fingerprint density at radius 2 is 2.04 bits per heavy atom. The van der Waals surface area contributed by atoms with Gasteiger partial charge in [-0.3, -0.25) is 4.99 Å². The van der Waals surface area contributed by atoms with Crippen LogP contribution in [0.5, 0.6) is 0 Å². The van der Waals surface area contributed by atoms with E-state index < -0.39 is 0 Å². The molecule has 23 heavy (non-hydrogen) atoms. The van der Waals surface area contributed by atoms with Crippen LogP contribution in [0.15, 0.2) is 23.2 Å². The van der Waals surface area contributed by atoms with Gasteiger partial charge >= 0.3 is 5.97 Å². The SMILES string of the molecule is COC(=O)c1ccc2c(c1)NC(=NCC(C)C)N(CC(C)C)C2. The second-order valence-electron chi connectivity index (χ2n) is 6.82. The molecule has 0 radical (unpaired) electrons. The normalized spacial score (nSPS) is 15.8. The van der Waals surface area contributed by atoms with Crippen LogP contribution in [0.3, 0.4) is 0 Å². The fraction of sp³-hybridized carbons (Fsp3) is 0.556. The van der Waals surface area contributed by atoms with Gasteiger partial charge in [-0.05, 0) is 29.5 Å². The summed E-state index contributed by atoms with van der Waals surface area (Å²) in [6.07, 6.45) is 0. The first-order chi connectivity index (χ1) is 10.9. The van der Waals surface area contributed by atoms with Gasteiger partial charge in [0.15, 0.2) is 5.96 Å². The Morgan fingerprint density at radius 3 is 2.65 bits per heavy atom. The van der Waals surface area contributed by atoms with E-state index in [0.717, 1.165) is 31.3 Å². The number of anilines is 1. The van der Waals surface area contributed by atoms with Gasteiger partial charge in [0, 0.05) is 25.3 Å². The largest absolute Gasteiger partial charge is 0.465 e. The fourth-order valence-corrected chi connectivity index (χ4v) is 2.56. The van der Waals surface area contributed by atoms with E-state index in [-0.39, 0.29) is 5.97 Å². The van der Waals surface area contributed by atoms with Crippen molar-refractivity contribution in [2.45, 2.75) is 34.2 Å². The summed E-state index contributed by atoms with van der Waals surface area (Å²) in [7, 11) is 1.40. The number of fused-ring (bicyclic) bond motifs is 1. The number of methoxy groups -OCH3 is 1. The molecular formula is C18H27N3O2. The molecule has 0 bridgehead atoms. The molecule has 5 heteroatoms. The number of guanidine groups is 1. The Kier molecular flexibility index (Phi) is 5.64. The molecule has 1 aliphatic heterocycles. The summed E-state index contributed by atoms with van der Waals surface area (Å²) in [6, 6.07) is 5.65. The Labute approximate surface area is 138 Å². The van der Waals surface area contributed by atoms with Crippen LogP contribution in [0, 0.1) is 11.8 Å². The van der Waals surface area contributed by atoms with Crippen molar-refractivity contribution in [2.24, 2.45) is 16.8 Å². The van der Waals surface area contributed by atoms with Gasteiger partial charge in [0.2, 0.25) is 0 Å². The number of esters is 1. The minimum absolute atomic E-state index is 0.320. The van der Waals surface area contributed by atoms with E-state index in [2.05, 4.69) is 37.9 Å². The highest BCUT2D eigenvalue weighted by atomic mass is 16.5. The molecule has 2 rings (SSSR count). The molecule has 1 aliphatic rings. The molecule has 0 unspecified atom stereocenters. The average molecular weight is 317 g/mol. The molecule has 0 saturated heterocycles. The quantitative estimate of drug-likeness (QED) is 0.846.